The monoisotopic (exact) mass is 329 g/mol. The van der Waals surface area contributed by atoms with E-state index in [-0.39, 0.29) is 23.4 Å². The minimum Gasteiger partial charge on any atom is -0.397 e. The lowest BCUT2D eigenvalue weighted by Gasteiger charge is -2.17. The van der Waals surface area contributed by atoms with Gasteiger partial charge in [0.1, 0.15) is 0 Å². The lowest BCUT2D eigenvalue weighted by Crippen LogP contribution is -2.34. The van der Waals surface area contributed by atoms with E-state index in [0.29, 0.717) is 35.3 Å². The van der Waals surface area contributed by atoms with E-state index in [4.69, 9.17) is 28.9 Å². The summed E-state index contributed by atoms with van der Waals surface area (Å²) in [5, 5.41) is 3.31. The van der Waals surface area contributed by atoms with Gasteiger partial charge >= 0.3 is 0 Å². The van der Waals surface area contributed by atoms with Gasteiger partial charge in [-0.15, -0.1) is 0 Å². The summed E-state index contributed by atoms with van der Waals surface area (Å²) >= 11 is 11.8. The number of likely N-dealkylation sites (tertiary alicyclic amines) is 1. The van der Waals surface area contributed by atoms with E-state index in [0.717, 1.165) is 6.42 Å². The van der Waals surface area contributed by atoms with Gasteiger partial charge in [0, 0.05) is 18.0 Å². The quantitative estimate of drug-likeness (QED) is 0.834. The highest BCUT2D eigenvalue weighted by molar-refractivity contribution is 6.37. The van der Waals surface area contributed by atoms with Crippen molar-refractivity contribution in [3.05, 3.63) is 22.2 Å². The Balaban J connectivity index is 2.01. The molecule has 0 radical (unpaired) electrons. The lowest BCUT2D eigenvalue weighted by molar-refractivity contribution is -0.131. The molecule has 1 atom stereocenters. The highest BCUT2D eigenvalue weighted by atomic mass is 35.5. The van der Waals surface area contributed by atoms with E-state index in [1.165, 1.54) is 12.1 Å². The zero-order chi connectivity index (χ0) is 15.6. The zero-order valence-electron chi connectivity index (χ0n) is 11.7. The van der Waals surface area contributed by atoms with Gasteiger partial charge in [-0.05, 0) is 18.1 Å². The van der Waals surface area contributed by atoms with Gasteiger partial charge in [0.05, 0.1) is 22.9 Å². The minimum absolute atomic E-state index is 0.00664. The number of nitrogens with one attached hydrogen (secondary N) is 1. The number of rotatable bonds is 4. The maximum atomic E-state index is 12.0. The first-order chi connectivity index (χ1) is 9.90. The first kappa shape index (κ1) is 15.9. The van der Waals surface area contributed by atoms with Gasteiger partial charge in [0.15, 0.2) is 0 Å². The second-order valence-electron chi connectivity index (χ2n) is 5.15. The van der Waals surface area contributed by atoms with Crippen LogP contribution in [0.1, 0.15) is 19.8 Å². The molecule has 1 fully saturated rings. The third-order valence-electron chi connectivity index (χ3n) is 3.56. The Morgan fingerprint density at radius 2 is 2.19 bits per heavy atom. The number of amides is 2. The summed E-state index contributed by atoms with van der Waals surface area (Å²) in [6.07, 6.45) is 1.44. The number of nitrogen functional groups attached to an aromatic ring is 1. The second kappa shape index (κ2) is 6.54. The van der Waals surface area contributed by atoms with Crippen LogP contribution >= 0.6 is 23.2 Å². The number of anilines is 2. The molecule has 1 heterocycles. The molecule has 114 valence electrons. The molecule has 0 spiro atoms. The fourth-order valence-corrected chi connectivity index (χ4v) is 2.91. The summed E-state index contributed by atoms with van der Waals surface area (Å²) in [5.41, 5.74) is 6.40. The van der Waals surface area contributed by atoms with Crippen LogP contribution in [0.4, 0.5) is 11.4 Å². The van der Waals surface area contributed by atoms with E-state index in [9.17, 15) is 9.59 Å². The Morgan fingerprint density at radius 1 is 1.48 bits per heavy atom. The third-order valence-corrected chi connectivity index (χ3v) is 4.07. The highest BCUT2D eigenvalue weighted by Crippen LogP contribution is 2.32. The third kappa shape index (κ3) is 3.80. The average Bonchev–Trinajstić information content (AvgIpc) is 2.74. The first-order valence-corrected chi connectivity index (χ1v) is 7.48. The topological polar surface area (TPSA) is 75.4 Å². The van der Waals surface area contributed by atoms with E-state index in [1.54, 1.807) is 4.90 Å². The van der Waals surface area contributed by atoms with E-state index in [1.807, 2.05) is 6.92 Å². The van der Waals surface area contributed by atoms with E-state index < -0.39 is 0 Å². The summed E-state index contributed by atoms with van der Waals surface area (Å²) in [5.74, 6) is 0.0117. The van der Waals surface area contributed by atoms with Crippen LogP contribution < -0.4 is 11.1 Å². The normalized spacial score (nSPS) is 18.1. The smallest absolute Gasteiger partial charge is 0.244 e. The predicted molar refractivity (Wildman–Crippen MR) is 84.5 cm³/mol. The van der Waals surface area contributed by atoms with Crippen molar-refractivity contribution in [2.75, 3.05) is 24.1 Å². The first-order valence-electron chi connectivity index (χ1n) is 6.72. The fraction of sp³-hybridized carbons (Fsp3) is 0.429. The number of nitrogens with two attached hydrogens (primary N) is 1. The van der Waals surface area contributed by atoms with Crippen molar-refractivity contribution >= 4 is 46.4 Å². The molecular weight excluding hydrogens is 313 g/mol. The van der Waals surface area contributed by atoms with Crippen LogP contribution in [0.3, 0.4) is 0 Å². The molecule has 0 bridgehead atoms. The molecule has 0 aromatic heterocycles. The number of halogens is 2. The van der Waals surface area contributed by atoms with Crippen LogP contribution in [0.15, 0.2) is 12.1 Å². The number of carbonyl (C=O) groups excluding carboxylic acids is 2. The summed E-state index contributed by atoms with van der Waals surface area (Å²) in [7, 11) is 0. The lowest BCUT2D eigenvalue weighted by atomic mass is 10.1. The molecule has 0 aliphatic carbocycles. The van der Waals surface area contributed by atoms with Gasteiger partial charge in [-0.1, -0.05) is 36.5 Å². The van der Waals surface area contributed by atoms with Gasteiger partial charge in [-0.3, -0.25) is 9.59 Å². The van der Waals surface area contributed by atoms with E-state index >= 15 is 0 Å². The van der Waals surface area contributed by atoms with Crippen molar-refractivity contribution in [3.63, 3.8) is 0 Å². The molecular formula is C14H17Cl2N3O2. The van der Waals surface area contributed by atoms with E-state index in [2.05, 4.69) is 5.32 Å². The molecule has 2 rings (SSSR count). The van der Waals surface area contributed by atoms with Crippen molar-refractivity contribution < 1.29 is 9.59 Å². The Bertz CT molecular complexity index is 554. The van der Waals surface area contributed by atoms with Gasteiger partial charge in [-0.25, -0.2) is 0 Å². The van der Waals surface area contributed by atoms with Crippen molar-refractivity contribution in [1.82, 2.24) is 4.90 Å². The molecule has 21 heavy (non-hydrogen) atoms. The standard InChI is InChI=1S/C14H17Cl2N3O2/c1-2-8-3-13(21)19(6-8)7-12(20)18-14-10(16)4-9(15)5-11(14)17/h4-5,8H,2-3,6-7,17H2,1H3,(H,18,20). The number of benzene rings is 1. The predicted octanol–water partition coefficient (Wildman–Crippen LogP) is 2.77. The number of nitrogens with zero attached hydrogens (tertiary/aromatic N) is 1. The van der Waals surface area contributed by atoms with Crippen LogP contribution in [0.25, 0.3) is 0 Å². The van der Waals surface area contributed by atoms with Crippen LogP contribution in [0, 0.1) is 5.92 Å². The maximum absolute atomic E-state index is 12.0. The second-order valence-corrected chi connectivity index (χ2v) is 6.00. The molecule has 1 aromatic carbocycles. The molecule has 1 unspecified atom stereocenters. The largest absolute Gasteiger partial charge is 0.397 e. The maximum Gasteiger partial charge on any atom is 0.244 e. The summed E-state index contributed by atoms with van der Waals surface area (Å²) in [6, 6.07) is 3.01. The Morgan fingerprint density at radius 3 is 2.76 bits per heavy atom. The zero-order valence-corrected chi connectivity index (χ0v) is 13.2. The summed E-state index contributed by atoms with van der Waals surface area (Å²) in [6.45, 7) is 2.66. The molecule has 1 aromatic rings. The number of hydrogen-bond acceptors (Lipinski definition) is 3. The van der Waals surface area contributed by atoms with Crippen molar-refractivity contribution in [1.29, 1.82) is 0 Å². The van der Waals surface area contributed by atoms with Crippen molar-refractivity contribution in [2.24, 2.45) is 5.92 Å². The van der Waals surface area contributed by atoms with Gasteiger partial charge in [-0.2, -0.15) is 0 Å². The molecule has 7 heteroatoms. The van der Waals surface area contributed by atoms with Crippen LogP contribution in [-0.2, 0) is 9.59 Å². The number of hydrogen-bond donors (Lipinski definition) is 2. The van der Waals surface area contributed by atoms with Crippen LogP contribution in [0.2, 0.25) is 10.0 Å². The molecule has 1 saturated heterocycles. The molecule has 1 aliphatic rings. The Kier molecular flexibility index (Phi) is 4.96. The van der Waals surface area contributed by atoms with Crippen LogP contribution in [0.5, 0.6) is 0 Å². The molecule has 0 saturated carbocycles. The Hall–Kier alpha value is -1.46. The van der Waals surface area contributed by atoms with Gasteiger partial charge in [0.25, 0.3) is 0 Å². The summed E-state index contributed by atoms with van der Waals surface area (Å²) in [4.78, 5) is 25.4. The van der Waals surface area contributed by atoms with Crippen molar-refractivity contribution in [3.8, 4) is 0 Å². The molecule has 1 aliphatic heterocycles. The summed E-state index contributed by atoms with van der Waals surface area (Å²) < 4.78 is 0. The molecule has 2 amide bonds. The SMILES string of the molecule is CCC1CC(=O)N(CC(=O)Nc2c(N)cc(Cl)cc2Cl)C1. The van der Waals surface area contributed by atoms with Crippen LogP contribution in [-0.4, -0.2) is 29.8 Å². The van der Waals surface area contributed by atoms with Gasteiger partial charge in [0.2, 0.25) is 11.8 Å². The van der Waals surface area contributed by atoms with Crippen molar-refractivity contribution in [2.45, 2.75) is 19.8 Å². The average molecular weight is 330 g/mol. The highest BCUT2D eigenvalue weighted by Gasteiger charge is 2.29. The minimum atomic E-state index is -0.323. The Labute approximate surface area is 133 Å². The number of carbonyl (C=O) groups is 2. The fourth-order valence-electron chi connectivity index (χ4n) is 2.36. The molecule has 3 N–H and O–H groups in total. The van der Waals surface area contributed by atoms with Gasteiger partial charge < -0.3 is 16.0 Å². The molecule has 5 nitrogen and oxygen atoms in total.